The van der Waals surface area contributed by atoms with Crippen LogP contribution in [0.4, 0.5) is 0 Å². The van der Waals surface area contributed by atoms with E-state index in [1.165, 1.54) is 24.4 Å². The molecule has 0 saturated carbocycles. The fourth-order valence-corrected chi connectivity index (χ4v) is 2.85. The van der Waals surface area contributed by atoms with Crippen molar-refractivity contribution in [2.24, 2.45) is 0 Å². The van der Waals surface area contributed by atoms with Gasteiger partial charge >= 0.3 is 0 Å². The van der Waals surface area contributed by atoms with Crippen LogP contribution in [-0.4, -0.2) is 38.8 Å². The first-order valence-corrected chi connectivity index (χ1v) is 6.78. The van der Waals surface area contributed by atoms with Crippen molar-refractivity contribution in [1.29, 1.82) is 0 Å². The summed E-state index contributed by atoms with van der Waals surface area (Å²) in [7, 11) is 0. The second-order valence-electron chi connectivity index (χ2n) is 4.13. The standard InChI is InChI=1S/C10H16ClN3OS/c11-10-9(12-13-16-10)7-14-5-1-3-8(14)4-2-6-15/h8,15H,1-7H2. The fourth-order valence-electron chi connectivity index (χ4n) is 2.24. The average molecular weight is 262 g/mol. The maximum absolute atomic E-state index is 8.85. The largest absolute Gasteiger partial charge is 0.396 e. The van der Waals surface area contributed by atoms with E-state index in [1.807, 2.05) is 0 Å². The van der Waals surface area contributed by atoms with E-state index in [-0.39, 0.29) is 6.61 Å². The molecule has 1 aliphatic heterocycles. The number of hydrogen-bond acceptors (Lipinski definition) is 5. The van der Waals surface area contributed by atoms with Crippen LogP contribution in [0.25, 0.3) is 0 Å². The Morgan fingerprint density at radius 2 is 2.44 bits per heavy atom. The van der Waals surface area contributed by atoms with Crippen LogP contribution in [-0.2, 0) is 6.54 Å². The predicted octanol–water partition coefficient (Wildman–Crippen LogP) is 1.93. The summed E-state index contributed by atoms with van der Waals surface area (Å²) in [6, 6.07) is 0.574. The van der Waals surface area contributed by atoms with Gasteiger partial charge in [-0.15, -0.1) is 5.10 Å². The van der Waals surface area contributed by atoms with Crippen LogP contribution in [0.2, 0.25) is 4.34 Å². The summed E-state index contributed by atoms with van der Waals surface area (Å²) < 4.78 is 4.55. The highest BCUT2D eigenvalue weighted by Crippen LogP contribution is 2.26. The minimum absolute atomic E-state index is 0.281. The lowest BCUT2D eigenvalue weighted by Gasteiger charge is -2.23. The van der Waals surface area contributed by atoms with Crippen LogP contribution in [0.5, 0.6) is 0 Å². The molecule has 1 fully saturated rings. The van der Waals surface area contributed by atoms with Gasteiger partial charge in [0.05, 0.1) is 0 Å². The maximum atomic E-state index is 8.85. The van der Waals surface area contributed by atoms with Crippen molar-refractivity contribution in [1.82, 2.24) is 14.5 Å². The zero-order valence-corrected chi connectivity index (χ0v) is 10.7. The van der Waals surface area contributed by atoms with Crippen molar-refractivity contribution in [3.05, 3.63) is 10.0 Å². The minimum Gasteiger partial charge on any atom is -0.396 e. The number of nitrogens with zero attached hydrogens (tertiary/aromatic N) is 3. The Balaban J connectivity index is 1.91. The molecule has 1 aromatic rings. The van der Waals surface area contributed by atoms with Crippen molar-refractivity contribution in [3.8, 4) is 0 Å². The molecule has 0 radical (unpaired) electrons. The molecule has 0 aromatic carbocycles. The van der Waals surface area contributed by atoms with E-state index in [9.17, 15) is 0 Å². The molecule has 1 aliphatic rings. The predicted molar refractivity (Wildman–Crippen MR) is 64.7 cm³/mol. The third-order valence-corrected chi connectivity index (χ3v) is 4.04. The lowest BCUT2D eigenvalue weighted by molar-refractivity contribution is 0.208. The van der Waals surface area contributed by atoms with Gasteiger partial charge < -0.3 is 5.11 Å². The monoisotopic (exact) mass is 261 g/mol. The van der Waals surface area contributed by atoms with Gasteiger partial charge in [-0.3, -0.25) is 4.90 Å². The van der Waals surface area contributed by atoms with Crippen molar-refractivity contribution >= 4 is 23.1 Å². The topological polar surface area (TPSA) is 49.2 Å². The summed E-state index contributed by atoms with van der Waals surface area (Å²) in [4.78, 5) is 2.40. The highest BCUT2D eigenvalue weighted by atomic mass is 35.5. The van der Waals surface area contributed by atoms with E-state index < -0.39 is 0 Å². The molecule has 2 heterocycles. The van der Waals surface area contributed by atoms with E-state index in [0.29, 0.717) is 10.4 Å². The fraction of sp³-hybridized carbons (Fsp3) is 0.800. The quantitative estimate of drug-likeness (QED) is 0.880. The van der Waals surface area contributed by atoms with Crippen LogP contribution in [0.1, 0.15) is 31.4 Å². The maximum Gasteiger partial charge on any atom is 0.138 e. The van der Waals surface area contributed by atoms with Gasteiger partial charge in [0.1, 0.15) is 10.0 Å². The Kier molecular flexibility index (Phi) is 4.52. The van der Waals surface area contributed by atoms with Gasteiger partial charge in [0.15, 0.2) is 0 Å². The molecule has 4 nitrogen and oxygen atoms in total. The van der Waals surface area contributed by atoms with Gasteiger partial charge in [0.2, 0.25) is 0 Å². The van der Waals surface area contributed by atoms with E-state index >= 15 is 0 Å². The third-order valence-electron chi connectivity index (χ3n) is 3.06. The molecule has 0 aliphatic carbocycles. The smallest absolute Gasteiger partial charge is 0.138 e. The molecule has 1 atom stereocenters. The van der Waals surface area contributed by atoms with E-state index in [1.54, 1.807) is 0 Å². The zero-order valence-electron chi connectivity index (χ0n) is 9.10. The van der Waals surface area contributed by atoms with Crippen LogP contribution in [0, 0.1) is 0 Å². The molecule has 1 aromatic heterocycles. The van der Waals surface area contributed by atoms with Gasteiger partial charge in [0.25, 0.3) is 0 Å². The van der Waals surface area contributed by atoms with Crippen LogP contribution in [0.3, 0.4) is 0 Å². The van der Waals surface area contributed by atoms with Gasteiger partial charge in [-0.2, -0.15) is 0 Å². The summed E-state index contributed by atoms with van der Waals surface area (Å²) in [5, 5.41) is 12.9. The summed E-state index contributed by atoms with van der Waals surface area (Å²) in [5.41, 5.74) is 0.891. The number of aliphatic hydroxyl groups excluding tert-OH is 1. The van der Waals surface area contributed by atoms with Crippen molar-refractivity contribution in [3.63, 3.8) is 0 Å². The van der Waals surface area contributed by atoms with E-state index in [2.05, 4.69) is 14.5 Å². The normalized spacial score (nSPS) is 21.8. The molecule has 1 saturated heterocycles. The molecule has 90 valence electrons. The Morgan fingerprint density at radius 1 is 1.56 bits per heavy atom. The average Bonchev–Trinajstić information content (AvgIpc) is 2.87. The Morgan fingerprint density at radius 3 is 3.12 bits per heavy atom. The molecular weight excluding hydrogens is 246 g/mol. The lowest BCUT2D eigenvalue weighted by Crippen LogP contribution is -2.29. The van der Waals surface area contributed by atoms with E-state index in [4.69, 9.17) is 16.7 Å². The Bertz CT molecular complexity index is 334. The molecule has 0 amide bonds. The Labute approximate surface area is 104 Å². The molecule has 0 bridgehead atoms. The van der Waals surface area contributed by atoms with Crippen molar-refractivity contribution < 1.29 is 5.11 Å². The van der Waals surface area contributed by atoms with Gasteiger partial charge in [-0.05, 0) is 32.2 Å². The molecule has 2 rings (SSSR count). The zero-order chi connectivity index (χ0) is 11.4. The number of hydrogen-bond donors (Lipinski definition) is 1. The van der Waals surface area contributed by atoms with Crippen molar-refractivity contribution in [2.45, 2.75) is 38.3 Å². The summed E-state index contributed by atoms with van der Waals surface area (Å²) >= 11 is 7.24. The van der Waals surface area contributed by atoms with Crippen LogP contribution < -0.4 is 0 Å². The van der Waals surface area contributed by atoms with Gasteiger partial charge in [-0.25, -0.2) is 0 Å². The first-order valence-electron chi connectivity index (χ1n) is 5.63. The molecule has 0 spiro atoms. The summed E-state index contributed by atoms with van der Waals surface area (Å²) in [6.45, 7) is 2.18. The van der Waals surface area contributed by atoms with Gasteiger partial charge in [-0.1, -0.05) is 16.1 Å². The second-order valence-corrected chi connectivity index (χ2v) is 5.48. The molecule has 1 N–H and O–H groups in total. The third kappa shape index (κ3) is 2.91. The van der Waals surface area contributed by atoms with Crippen molar-refractivity contribution in [2.75, 3.05) is 13.2 Å². The van der Waals surface area contributed by atoms with Crippen LogP contribution in [0.15, 0.2) is 0 Å². The lowest BCUT2D eigenvalue weighted by atomic mass is 10.1. The number of aliphatic hydroxyl groups is 1. The highest BCUT2D eigenvalue weighted by Gasteiger charge is 2.25. The minimum atomic E-state index is 0.281. The number of halogens is 1. The highest BCUT2D eigenvalue weighted by molar-refractivity contribution is 7.10. The molecule has 6 heteroatoms. The summed E-state index contributed by atoms with van der Waals surface area (Å²) in [6.07, 6.45) is 4.39. The van der Waals surface area contributed by atoms with Gasteiger partial charge in [0, 0.05) is 30.7 Å². The number of rotatable bonds is 5. The SMILES string of the molecule is OCCCC1CCCN1Cc1nnsc1Cl. The number of aromatic nitrogens is 2. The number of likely N-dealkylation sites (tertiary alicyclic amines) is 1. The Hall–Kier alpha value is -0.230. The molecule has 1 unspecified atom stereocenters. The first-order chi connectivity index (χ1) is 7.81. The summed E-state index contributed by atoms with van der Waals surface area (Å²) in [5.74, 6) is 0. The molecule has 16 heavy (non-hydrogen) atoms. The van der Waals surface area contributed by atoms with Crippen LogP contribution >= 0.6 is 23.1 Å². The molecular formula is C10H16ClN3OS. The first kappa shape index (κ1) is 12.2. The second kappa shape index (κ2) is 5.91. The van der Waals surface area contributed by atoms with E-state index in [0.717, 1.165) is 31.6 Å².